The number of carbonyl (C=O) groups excluding carboxylic acids is 1. The lowest BCUT2D eigenvalue weighted by molar-refractivity contribution is 0.0951. The molecular formula is C22H28N2O4S. The van der Waals surface area contributed by atoms with Crippen LogP contribution >= 0.6 is 0 Å². The van der Waals surface area contributed by atoms with Gasteiger partial charge in [0.25, 0.3) is 5.91 Å². The lowest BCUT2D eigenvalue weighted by Gasteiger charge is -2.34. The van der Waals surface area contributed by atoms with Gasteiger partial charge in [-0.3, -0.25) is 4.79 Å². The van der Waals surface area contributed by atoms with Crippen molar-refractivity contribution < 1.29 is 17.9 Å². The molecule has 0 aliphatic carbocycles. The van der Waals surface area contributed by atoms with Crippen LogP contribution in [-0.4, -0.2) is 38.8 Å². The third kappa shape index (κ3) is 5.16. The maximum Gasteiger partial charge on any atom is 0.251 e. The van der Waals surface area contributed by atoms with Crippen molar-refractivity contribution in [2.75, 3.05) is 20.2 Å². The van der Waals surface area contributed by atoms with Crippen molar-refractivity contribution in [3.8, 4) is 5.75 Å². The molecule has 0 bridgehead atoms. The van der Waals surface area contributed by atoms with Gasteiger partial charge < -0.3 is 10.1 Å². The van der Waals surface area contributed by atoms with E-state index in [9.17, 15) is 13.2 Å². The van der Waals surface area contributed by atoms with Gasteiger partial charge in [-0.15, -0.1) is 0 Å². The van der Waals surface area contributed by atoms with E-state index in [2.05, 4.69) is 19.2 Å². The summed E-state index contributed by atoms with van der Waals surface area (Å²) in [4.78, 5) is 12.6. The lowest BCUT2D eigenvalue weighted by Crippen LogP contribution is -2.42. The number of ether oxygens (including phenoxy) is 1. The highest BCUT2D eigenvalue weighted by molar-refractivity contribution is 7.89. The molecule has 2 aromatic carbocycles. The zero-order valence-electron chi connectivity index (χ0n) is 17.1. The first-order chi connectivity index (χ1) is 13.8. The Balaban J connectivity index is 1.64. The van der Waals surface area contributed by atoms with E-state index >= 15 is 0 Å². The molecule has 0 saturated carbocycles. The molecule has 0 aromatic heterocycles. The molecule has 1 saturated heterocycles. The molecule has 0 unspecified atom stereocenters. The lowest BCUT2D eigenvalue weighted by atomic mass is 9.94. The summed E-state index contributed by atoms with van der Waals surface area (Å²) >= 11 is 0. The van der Waals surface area contributed by atoms with Crippen LogP contribution in [0, 0.1) is 11.8 Å². The molecule has 2 atom stereocenters. The second kappa shape index (κ2) is 8.97. The average molecular weight is 417 g/mol. The van der Waals surface area contributed by atoms with E-state index < -0.39 is 10.0 Å². The van der Waals surface area contributed by atoms with Crippen LogP contribution in [0.2, 0.25) is 0 Å². The molecular weight excluding hydrogens is 388 g/mol. The van der Waals surface area contributed by atoms with Gasteiger partial charge in [0.15, 0.2) is 0 Å². The number of carbonyl (C=O) groups is 1. The number of benzene rings is 2. The molecule has 1 N–H and O–H groups in total. The number of hydrogen-bond acceptors (Lipinski definition) is 4. The van der Waals surface area contributed by atoms with Crippen LogP contribution in [-0.2, 0) is 16.6 Å². The SMILES string of the molecule is COc1ccc(CNC(=O)c2ccc(S(=O)(=O)N3C[C@H](C)C[C@@H](C)C3)cc2)cc1. The fraction of sp³-hybridized carbons (Fsp3) is 0.409. The van der Waals surface area contributed by atoms with Crippen LogP contribution in [0.4, 0.5) is 0 Å². The first-order valence-electron chi connectivity index (χ1n) is 9.81. The summed E-state index contributed by atoms with van der Waals surface area (Å²) in [6, 6.07) is 13.6. The molecule has 156 valence electrons. The van der Waals surface area contributed by atoms with E-state index in [1.54, 1.807) is 23.5 Å². The van der Waals surface area contributed by atoms with E-state index in [-0.39, 0.29) is 10.8 Å². The molecule has 7 heteroatoms. The Kier molecular flexibility index (Phi) is 6.59. The second-order valence-corrected chi connectivity index (χ2v) is 9.76. The third-order valence-corrected chi connectivity index (χ3v) is 7.05. The molecule has 1 aliphatic heterocycles. The Morgan fingerprint density at radius 2 is 1.62 bits per heavy atom. The molecule has 29 heavy (non-hydrogen) atoms. The zero-order chi connectivity index (χ0) is 21.0. The van der Waals surface area contributed by atoms with E-state index in [0.29, 0.717) is 37.0 Å². The number of nitrogens with one attached hydrogen (secondary N) is 1. The molecule has 3 rings (SSSR count). The Morgan fingerprint density at radius 3 is 2.17 bits per heavy atom. The van der Waals surface area contributed by atoms with E-state index in [1.807, 2.05) is 24.3 Å². The van der Waals surface area contributed by atoms with Gasteiger partial charge in [-0.25, -0.2) is 8.42 Å². The summed E-state index contributed by atoms with van der Waals surface area (Å²) in [5.41, 5.74) is 1.38. The fourth-order valence-electron chi connectivity index (χ4n) is 3.76. The van der Waals surface area contributed by atoms with Crippen LogP contribution < -0.4 is 10.1 Å². The van der Waals surface area contributed by atoms with Crippen molar-refractivity contribution in [3.05, 3.63) is 59.7 Å². The van der Waals surface area contributed by atoms with Gasteiger partial charge in [-0.2, -0.15) is 4.31 Å². The molecule has 6 nitrogen and oxygen atoms in total. The predicted molar refractivity (Wildman–Crippen MR) is 112 cm³/mol. The van der Waals surface area contributed by atoms with Crippen molar-refractivity contribution in [2.45, 2.75) is 31.7 Å². The van der Waals surface area contributed by atoms with Gasteiger partial charge in [0.2, 0.25) is 10.0 Å². The molecule has 0 radical (unpaired) electrons. The molecule has 1 heterocycles. The van der Waals surface area contributed by atoms with Gasteiger partial charge in [-0.05, 0) is 60.2 Å². The molecule has 2 aromatic rings. The minimum atomic E-state index is -3.54. The number of amides is 1. The van der Waals surface area contributed by atoms with Crippen molar-refractivity contribution in [1.29, 1.82) is 0 Å². The number of hydrogen-bond donors (Lipinski definition) is 1. The first kappa shape index (κ1) is 21.3. The quantitative estimate of drug-likeness (QED) is 0.784. The smallest absolute Gasteiger partial charge is 0.251 e. The van der Waals surface area contributed by atoms with Gasteiger partial charge in [0, 0.05) is 25.2 Å². The number of methoxy groups -OCH3 is 1. The van der Waals surface area contributed by atoms with Crippen molar-refractivity contribution in [3.63, 3.8) is 0 Å². The topological polar surface area (TPSA) is 75.7 Å². The number of sulfonamides is 1. The summed E-state index contributed by atoms with van der Waals surface area (Å²) in [6.07, 6.45) is 1.04. The van der Waals surface area contributed by atoms with Gasteiger partial charge in [0.05, 0.1) is 12.0 Å². The Hall–Kier alpha value is -2.38. The normalized spacial score (nSPS) is 20.2. The predicted octanol–water partition coefficient (Wildman–Crippen LogP) is 3.29. The van der Waals surface area contributed by atoms with Crippen LogP contribution in [0.1, 0.15) is 36.2 Å². The zero-order valence-corrected chi connectivity index (χ0v) is 17.9. The monoisotopic (exact) mass is 416 g/mol. The summed E-state index contributed by atoms with van der Waals surface area (Å²) in [5.74, 6) is 1.20. The number of nitrogens with zero attached hydrogens (tertiary/aromatic N) is 1. The molecule has 1 aliphatic rings. The highest BCUT2D eigenvalue weighted by Gasteiger charge is 2.31. The fourth-order valence-corrected chi connectivity index (χ4v) is 5.44. The van der Waals surface area contributed by atoms with Crippen LogP contribution in [0.5, 0.6) is 5.75 Å². The number of rotatable bonds is 6. The second-order valence-electron chi connectivity index (χ2n) is 7.82. The van der Waals surface area contributed by atoms with Crippen molar-refractivity contribution in [1.82, 2.24) is 9.62 Å². The maximum atomic E-state index is 12.9. The highest BCUT2D eigenvalue weighted by Crippen LogP contribution is 2.26. The van der Waals surface area contributed by atoms with Crippen molar-refractivity contribution in [2.24, 2.45) is 11.8 Å². The van der Waals surface area contributed by atoms with Gasteiger partial charge in [-0.1, -0.05) is 26.0 Å². The summed E-state index contributed by atoms with van der Waals surface area (Å²) in [6.45, 7) is 5.61. The minimum absolute atomic E-state index is 0.227. The summed E-state index contributed by atoms with van der Waals surface area (Å²) in [5, 5.41) is 2.85. The van der Waals surface area contributed by atoms with Gasteiger partial charge >= 0.3 is 0 Å². The summed E-state index contributed by atoms with van der Waals surface area (Å²) < 4.78 is 32.6. The standard InChI is InChI=1S/C22H28N2O4S/c1-16-12-17(2)15-24(14-16)29(26,27)21-10-6-19(7-11-21)22(25)23-13-18-4-8-20(28-3)9-5-18/h4-11,16-17H,12-15H2,1-3H3,(H,23,25)/t16-,17-/m1/s1. The van der Waals surface area contributed by atoms with E-state index in [1.165, 1.54) is 12.1 Å². The minimum Gasteiger partial charge on any atom is -0.497 e. The van der Waals surface area contributed by atoms with Crippen molar-refractivity contribution >= 4 is 15.9 Å². The Bertz CT molecular complexity index is 930. The van der Waals surface area contributed by atoms with E-state index in [0.717, 1.165) is 17.7 Å². The van der Waals surface area contributed by atoms with Crippen LogP contribution in [0.15, 0.2) is 53.4 Å². The molecule has 1 fully saturated rings. The van der Waals surface area contributed by atoms with Crippen LogP contribution in [0.3, 0.4) is 0 Å². The largest absolute Gasteiger partial charge is 0.497 e. The van der Waals surface area contributed by atoms with Gasteiger partial charge in [0.1, 0.15) is 5.75 Å². The molecule has 0 spiro atoms. The first-order valence-corrected chi connectivity index (χ1v) is 11.2. The van der Waals surface area contributed by atoms with E-state index in [4.69, 9.17) is 4.74 Å². The molecule has 1 amide bonds. The Labute approximate surface area is 172 Å². The Morgan fingerprint density at radius 1 is 1.03 bits per heavy atom. The maximum absolute atomic E-state index is 12.9. The average Bonchev–Trinajstić information content (AvgIpc) is 2.71. The van der Waals surface area contributed by atoms with Crippen LogP contribution in [0.25, 0.3) is 0 Å². The highest BCUT2D eigenvalue weighted by atomic mass is 32.2. The summed E-state index contributed by atoms with van der Waals surface area (Å²) in [7, 11) is -1.94. The third-order valence-electron chi connectivity index (χ3n) is 5.20. The number of piperidine rings is 1.